The van der Waals surface area contributed by atoms with E-state index in [0.29, 0.717) is 18.9 Å². The third-order valence-electron chi connectivity index (χ3n) is 1.12. The summed E-state index contributed by atoms with van der Waals surface area (Å²) in [7, 11) is 0. The fourth-order valence-electron chi connectivity index (χ4n) is 0.494. The van der Waals surface area contributed by atoms with Gasteiger partial charge in [0.25, 0.3) is 12.4 Å². The molecule has 0 atom stereocenters. The number of carboxylic acid groups (broad SMARTS) is 1. The molecule has 0 saturated heterocycles. The van der Waals surface area contributed by atoms with Gasteiger partial charge in [-0.05, 0) is 20.3 Å². The molecular weight excluding hydrogens is 212 g/mol. The van der Waals surface area contributed by atoms with E-state index in [1.54, 1.807) is 13.8 Å². The molecule has 0 aromatic rings. The van der Waals surface area contributed by atoms with Crippen LogP contribution in [0.15, 0.2) is 0 Å². The molecule has 0 saturated carbocycles. The summed E-state index contributed by atoms with van der Waals surface area (Å²) < 4.78 is 4.15. The van der Waals surface area contributed by atoms with Gasteiger partial charge in [0.05, 0.1) is 6.61 Å². The molecule has 0 unspecified atom stereocenters. The SMILES string of the molecule is CC(=O)O.CCCCC(C)=O.CCOC=O. The third kappa shape index (κ3) is 80.0. The average Bonchev–Trinajstić information content (AvgIpc) is 2.16. The molecule has 96 valence electrons. The summed E-state index contributed by atoms with van der Waals surface area (Å²) in [6.07, 6.45) is 2.94. The molecule has 0 spiro atoms. The standard InChI is InChI=1S/C6H12O.C3H6O2.C2H4O2/c1-3-4-5-6(2)7;1-2-5-3-4;1-2(3)4/h3-5H2,1-2H3;3H,2H2,1H3;1H3,(H,3,4). The van der Waals surface area contributed by atoms with Gasteiger partial charge in [-0.2, -0.15) is 0 Å². The molecule has 5 nitrogen and oxygen atoms in total. The Labute approximate surface area is 96.8 Å². The summed E-state index contributed by atoms with van der Waals surface area (Å²) in [6.45, 7) is 7.47. The minimum absolute atomic E-state index is 0.307. The maximum atomic E-state index is 10.2. The van der Waals surface area contributed by atoms with Gasteiger partial charge in [-0.25, -0.2) is 0 Å². The summed E-state index contributed by atoms with van der Waals surface area (Å²) in [5, 5.41) is 7.42. The number of Topliss-reactive ketones (excluding diaryl/α,β-unsaturated/α-hetero) is 1. The van der Waals surface area contributed by atoms with Gasteiger partial charge >= 0.3 is 0 Å². The molecule has 0 aromatic carbocycles. The van der Waals surface area contributed by atoms with Crippen molar-refractivity contribution in [2.75, 3.05) is 6.61 Å². The molecule has 0 rings (SSSR count). The number of hydrogen-bond donors (Lipinski definition) is 1. The second-order valence-corrected chi connectivity index (χ2v) is 2.88. The lowest BCUT2D eigenvalue weighted by Crippen LogP contribution is -1.86. The molecule has 1 N–H and O–H groups in total. The number of unbranched alkanes of at least 4 members (excludes halogenated alkanes) is 1. The lowest BCUT2D eigenvalue weighted by atomic mass is 10.2. The van der Waals surface area contributed by atoms with E-state index in [0.717, 1.165) is 26.2 Å². The second-order valence-electron chi connectivity index (χ2n) is 2.88. The Morgan fingerprint density at radius 3 is 1.75 bits per heavy atom. The van der Waals surface area contributed by atoms with E-state index in [1.165, 1.54) is 0 Å². The first-order valence-electron chi connectivity index (χ1n) is 5.16. The molecule has 16 heavy (non-hydrogen) atoms. The normalized spacial score (nSPS) is 7.50. The van der Waals surface area contributed by atoms with E-state index in [-0.39, 0.29) is 0 Å². The number of carbonyl (C=O) groups excluding carboxylic acids is 2. The van der Waals surface area contributed by atoms with E-state index in [4.69, 9.17) is 9.90 Å². The predicted octanol–water partition coefficient (Wildman–Crippen LogP) is 2.04. The first-order valence-corrected chi connectivity index (χ1v) is 5.16. The summed E-state index contributed by atoms with van der Waals surface area (Å²) in [5.74, 6) is -0.526. The van der Waals surface area contributed by atoms with Crippen LogP contribution < -0.4 is 0 Å². The zero-order chi connectivity index (χ0) is 13.4. The fourth-order valence-corrected chi connectivity index (χ4v) is 0.494. The van der Waals surface area contributed by atoms with Crippen LogP contribution in [0.2, 0.25) is 0 Å². The highest BCUT2D eigenvalue weighted by atomic mass is 16.5. The number of carboxylic acids is 1. The monoisotopic (exact) mass is 234 g/mol. The molecule has 0 amide bonds. The van der Waals surface area contributed by atoms with Crippen molar-refractivity contribution in [1.29, 1.82) is 0 Å². The Hall–Kier alpha value is -1.39. The highest BCUT2D eigenvalue weighted by Gasteiger charge is 1.87. The zero-order valence-electron chi connectivity index (χ0n) is 10.5. The molecule has 0 fully saturated rings. The van der Waals surface area contributed by atoms with E-state index in [9.17, 15) is 9.59 Å². The lowest BCUT2D eigenvalue weighted by Gasteiger charge is -1.86. The third-order valence-corrected chi connectivity index (χ3v) is 1.12. The van der Waals surface area contributed by atoms with Gasteiger partial charge in [-0.3, -0.25) is 9.59 Å². The molecule has 0 bridgehead atoms. The summed E-state index contributed by atoms with van der Waals surface area (Å²) >= 11 is 0. The summed E-state index contributed by atoms with van der Waals surface area (Å²) in [4.78, 5) is 28.4. The van der Waals surface area contributed by atoms with E-state index in [2.05, 4.69) is 11.7 Å². The first kappa shape index (κ1) is 20.1. The van der Waals surface area contributed by atoms with Crippen molar-refractivity contribution in [3.05, 3.63) is 0 Å². The largest absolute Gasteiger partial charge is 0.481 e. The topological polar surface area (TPSA) is 80.7 Å². The number of carbonyl (C=O) groups is 3. The minimum atomic E-state index is -0.833. The van der Waals surface area contributed by atoms with Crippen molar-refractivity contribution in [3.8, 4) is 0 Å². The number of ether oxygens (including phenoxy) is 1. The smallest absolute Gasteiger partial charge is 0.300 e. The van der Waals surface area contributed by atoms with E-state index in [1.807, 2.05) is 0 Å². The van der Waals surface area contributed by atoms with Crippen molar-refractivity contribution < 1.29 is 24.2 Å². The van der Waals surface area contributed by atoms with Crippen LogP contribution in [0.3, 0.4) is 0 Å². The molecule has 0 aliphatic rings. The molecule has 0 radical (unpaired) electrons. The highest BCUT2D eigenvalue weighted by Crippen LogP contribution is 1.92. The number of aliphatic carboxylic acids is 1. The number of ketones is 1. The Bertz CT molecular complexity index is 173. The lowest BCUT2D eigenvalue weighted by molar-refractivity contribution is -0.134. The van der Waals surface area contributed by atoms with Gasteiger partial charge in [0.2, 0.25) is 0 Å². The van der Waals surface area contributed by atoms with Crippen molar-refractivity contribution in [2.24, 2.45) is 0 Å². The average molecular weight is 234 g/mol. The Kier molecular flexibility index (Phi) is 24.1. The second kappa shape index (κ2) is 19.2. The molecule has 0 heterocycles. The van der Waals surface area contributed by atoms with E-state index >= 15 is 0 Å². The van der Waals surface area contributed by atoms with Gasteiger partial charge in [0, 0.05) is 13.3 Å². The Balaban J connectivity index is -0.000000166. The van der Waals surface area contributed by atoms with Crippen LogP contribution in [0.1, 0.15) is 47.0 Å². The van der Waals surface area contributed by atoms with Crippen LogP contribution in [0.5, 0.6) is 0 Å². The van der Waals surface area contributed by atoms with Gasteiger partial charge in [-0.1, -0.05) is 13.3 Å². The molecular formula is C11H22O5. The maximum absolute atomic E-state index is 10.2. The van der Waals surface area contributed by atoms with Crippen LogP contribution in [-0.4, -0.2) is 29.9 Å². The Morgan fingerprint density at radius 1 is 1.25 bits per heavy atom. The van der Waals surface area contributed by atoms with E-state index < -0.39 is 5.97 Å². The van der Waals surface area contributed by atoms with Crippen molar-refractivity contribution in [2.45, 2.75) is 47.0 Å². The van der Waals surface area contributed by atoms with Gasteiger partial charge in [-0.15, -0.1) is 0 Å². The predicted molar refractivity (Wildman–Crippen MR) is 61.2 cm³/mol. The summed E-state index contributed by atoms with van der Waals surface area (Å²) in [6, 6.07) is 0. The minimum Gasteiger partial charge on any atom is -0.481 e. The van der Waals surface area contributed by atoms with Crippen LogP contribution in [0, 0.1) is 0 Å². The molecule has 0 aliphatic carbocycles. The number of rotatable bonds is 5. The van der Waals surface area contributed by atoms with Crippen molar-refractivity contribution in [1.82, 2.24) is 0 Å². The molecule has 0 aliphatic heterocycles. The Morgan fingerprint density at radius 2 is 1.69 bits per heavy atom. The molecule has 0 aromatic heterocycles. The quantitative estimate of drug-likeness (QED) is 0.736. The zero-order valence-corrected chi connectivity index (χ0v) is 10.5. The van der Waals surface area contributed by atoms with Gasteiger partial charge in [0.15, 0.2) is 0 Å². The fraction of sp³-hybridized carbons (Fsp3) is 0.727. The van der Waals surface area contributed by atoms with Gasteiger partial charge in [0.1, 0.15) is 5.78 Å². The van der Waals surface area contributed by atoms with Crippen LogP contribution in [0.25, 0.3) is 0 Å². The van der Waals surface area contributed by atoms with Crippen LogP contribution >= 0.6 is 0 Å². The highest BCUT2D eigenvalue weighted by molar-refractivity contribution is 5.75. The molecule has 5 heteroatoms. The van der Waals surface area contributed by atoms with Crippen LogP contribution in [0.4, 0.5) is 0 Å². The maximum Gasteiger partial charge on any atom is 0.300 e. The van der Waals surface area contributed by atoms with Crippen molar-refractivity contribution in [3.63, 3.8) is 0 Å². The first-order chi connectivity index (χ1) is 7.42. The summed E-state index contributed by atoms with van der Waals surface area (Å²) in [5.41, 5.74) is 0. The van der Waals surface area contributed by atoms with Gasteiger partial charge < -0.3 is 14.6 Å². The van der Waals surface area contributed by atoms with Crippen molar-refractivity contribution >= 4 is 18.2 Å². The van der Waals surface area contributed by atoms with Crippen LogP contribution in [-0.2, 0) is 19.1 Å². The number of hydrogen-bond acceptors (Lipinski definition) is 4.